The van der Waals surface area contributed by atoms with Gasteiger partial charge in [0.25, 0.3) is 0 Å². The van der Waals surface area contributed by atoms with Crippen LogP contribution in [0.15, 0.2) is 0 Å². The molecule has 4 nitrogen and oxygen atoms in total. The molecule has 2 aliphatic rings. The van der Waals surface area contributed by atoms with Crippen molar-refractivity contribution in [2.75, 3.05) is 12.4 Å². The molecule has 0 aliphatic heterocycles. The standard InChI is InChI=1S/C21H31NO3S/c1-3-4-7-14-10-12-15(13-11-14)19(23)22-20-18(21(24)25-2)16-8-5-6-9-17(16)26-20/h14-15H,3-13H2,1-2H3,(H,22,23). The van der Waals surface area contributed by atoms with Crippen LogP contribution in [0.1, 0.15) is 85.5 Å². The number of carbonyl (C=O) groups excluding carboxylic acids is 2. The van der Waals surface area contributed by atoms with Crippen LogP contribution in [-0.4, -0.2) is 19.0 Å². The summed E-state index contributed by atoms with van der Waals surface area (Å²) in [6.07, 6.45) is 12.3. The van der Waals surface area contributed by atoms with Gasteiger partial charge in [0.05, 0.1) is 12.7 Å². The predicted octanol–water partition coefficient (Wildman–Crippen LogP) is 5.35. The molecule has 2 aliphatic carbocycles. The Hall–Kier alpha value is -1.36. The van der Waals surface area contributed by atoms with Crippen molar-refractivity contribution in [3.63, 3.8) is 0 Å². The number of esters is 1. The number of nitrogens with one attached hydrogen (secondary N) is 1. The molecular weight excluding hydrogens is 346 g/mol. The summed E-state index contributed by atoms with van der Waals surface area (Å²) >= 11 is 1.58. The lowest BCUT2D eigenvalue weighted by molar-refractivity contribution is -0.121. The predicted molar refractivity (Wildman–Crippen MR) is 106 cm³/mol. The number of anilines is 1. The number of rotatable bonds is 6. The molecule has 0 atom stereocenters. The molecule has 1 N–H and O–H groups in total. The topological polar surface area (TPSA) is 55.4 Å². The largest absolute Gasteiger partial charge is 0.465 e. The van der Waals surface area contributed by atoms with Crippen LogP contribution in [0, 0.1) is 11.8 Å². The van der Waals surface area contributed by atoms with Crippen LogP contribution in [0.2, 0.25) is 0 Å². The quantitative estimate of drug-likeness (QED) is 0.680. The number of hydrogen-bond acceptors (Lipinski definition) is 4. The Balaban J connectivity index is 1.66. The third-order valence-corrected chi connectivity index (χ3v) is 7.19. The number of fused-ring (bicyclic) bond motifs is 1. The van der Waals surface area contributed by atoms with E-state index < -0.39 is 0 Å². The number of hydrogen-bond donors (Lipinski definition) is 1. The Morgan fingerprint density at radius 3 is 2.58 bits per heavy atom. The number of amides is 1. The van der Waals surface area contributed by atoms with Gasteiger partial charge in [0.15, 0.2) is 0 Å². The maximum Gasteiger partial charge on any atom is 0.341 e. The lowest BCUT2D eigenvalue weighted by Gasteiger charge is -2.27. The minimum absolute atomic E-state index is 0.0810. The van der Waals surface area contributed by atoms with Gasteiger partial charge in [-0.05, 0) is 62.8 Å². The second kappa shape index (κ2) is 9.03. The number of carbonyl (C=O) groups is 2. The Labute approximate surface area is 160 Å². The van der Waals surface area contributed by atoms with E-state index in [4.69, 9.17) is 4.74 Å². The number of methoxy groups -OCH3 is 1. The molecule has 1 heterocycles. The molecule has 144 valence electrons. The van der Waals surface area contributed by atoms with Gasteiger partial charge >= 0.3 is 5.97 Å². The number of ether oxygens (including phenoxy) is 1. The van der Waals surface area contributed by atoms with Gasteiger partial charge in [-0.3, -0.25) is 4.79 Å². The molecule has 0 unspecified atom stereocenters. The van der Waals surface area contributed by atoms with Gasteiger partial charge in [0, 0.05) is 10.8 Å². The van der Waals surface area contributed by atoms with Crippen molar-refractivity contribution in [1.29, 1.82) is 0 Å². The average Bonchev–Trinajstić information content (AvgIpc) is 3.03. The third-order valence-electron chi connectivity index (χ3n) is 5.98. The summed E-state index contributed by atoms with van der Waals surface area (Å²) in [7, 11) is 1.42. The molecule has 0 aromatic carbocycles. The van der Waals surface area contributed by atoms with Gasteiger partial charge in [-0.25, -0.2) is 4.79 Å². The van der Waals surface area contributed by atoms with Crippen molar-refractivity contribution < 1.29 is 14.3 Å². The zero-order chi connectivity index (χ0) is 18.5. The van der Waals surface area contributed by atoms with Crippen molar-refractivity contribution in [3.05, 3.63) is 16.0 Å². The summed E-state index contributed by atoms with van der Waals surface area (Å²) in [5.74, 6) is 0.641. The summed E-state index contributed by atoms with van der Waals surface area (Å²) in [6.45, 7) is 2.23. The molecule has 1 fully saturated rings. The first kappa shape index (κ1) is 19.4. The molecule has 0 spiro atoms. The molecule has 0 radical (unpaired) electrons. The zero-order valence-corrected chi connectivity index (χ0v) is 16.9. The second-order valence-corrected chi connectivity index (χ2v) is 8.86. The van der Waals surface area contributed by atoms with Gasteiger partial charge in [-0.2, -0.15) is 0 Å². The van der Waals surface area contributed by atoms with E-state index >= 15 is 0 Å². The van der Waals surface area contributed by atoms with E-state index in [-0.39, 0.29) is 17.8 Å². The van der Waals surface area contributed by atoms with Crippen LogP contribution >= 0.6 is 11.3 Å². The smallest absolute Gasteiger partial charge is 0.341 e. The number of thiophene rings is 1. The van der Waals surface area contributed by atoms with Gasteiger partial charge < -0.3 is 10.1 Å². The second-order valence-electron chi connectivity index (χ2n) is 7.76. The molecular formula is C21H31NO3S. The molecule has 1 saturated carbocycles. The Morgan fingerprint density at radius 1 is 1.15 bits per heavy atom. The van der Waals surface area contributed by atoms with Crippen molar-refractivity contribution >= 4 is 28.2 Å². The highest BCUT2D eigenvalue weighted by molar-refractivity contribution is 7.17. The molecule has 0 bridgehead atoms. The van der Waals surface area contributed by atoms with Crippen LogP contribution in [0.5, 0.6) is 0 Å². The number of aryl methyl sites for hydroxylation is 1. The van der Waals surface area contributed by atoms with E-state index in [2.05, 4.69) is 12.2 Å². The summed E-state index contributed by atoms with van der Waals surface area (Å²) in [4.78, 5) is 26.4. The summed E-state index contributed by atoms with van der Waals surface area (Å²) in [5.41, 5.74) is 1.71. The molecule has 1 aromatic rings. The van der Waals surface area contributed by atoms with Crippen molar-refractivity contribution in [3.8, 4) is 0 Å². The Bertz CT molecular complexity index is 644. The molecule has 26 heavy (non-hydrogen) atoms. The van der Waals surface area contributed by atoms with E-state index in [9.17, 15) is 9.59 Å². The molecule has 1 aromatic heterocycles. The summed E-state index contributed by atoms with van der Waals surface area (Å²) in [5, 5.41) is 3.80. The van der Waals surface area contributed by atoms with Crippen molar-refractivity contribution in [2.24, 2.45) is 11.8 Å². The first-order valence-electron chi connectivity index (χ1n) is 10.2. The molecule has 5 heteroatoms. The van der Waals surface area contributed by atoms with Gasteiger partial charge in [0.1, 0.15) is 5.00 Å². The first-order valence-corrected chi connectivity index (χ1v) is 11.0. The minimum Gasteiger partial charge on any atom is -0.465 e. The summed E-state index contributed by atoms with van der Waals surface area (Å²) in [6, 6.07) is 0. The van der Waals surface area contributed by atoms with Crippen LogP contribution in [0.4, 0.5) is 5.00 Å². The molecule has 3 rings (SSSR count). The fraction of sp³-hybridized carbons (Fsp3) is 0.714. The summed E-state index contributed by atoms with van der Waals surface area (Å²) < 4.78 is 5.00. The molecule has 1 amide bonds. The Kier molecular flexibility index (Phi) is 6.74. The first-order chi connectivity index (χ1) is 12.6. The maximum absolute atomic E-state index is 12.8. The highest BCUT2D eigenvalue weighted by Crippen LogP contribution is 2.39. The average molecular weight is 378 g/mol. The highest BCUT2D eigenvalue weighted by atomic mass is 32.1. The van der Waals surface area contributed by atoms with E-state index in [0.29, 0.717) is 10.6 Å². The fourth-order valence-electron chi connectivity index (χ4n) is 4.39. The van der Waals surface area contributed by atoms with Crippen molar-refractivity contribution in [1.82, 2.24) is 0 Å². The lowest BCUT2D eigenvalue weighted by Crippen LogP contribution is -2.27. The molecule has 0 saturated heterocycles. The van der Waals surface area contributed by atoms with E-state index in [0.717, 1.165) is 62.8 Å². The Morgan fingerprint density at radius 2 is 1.88 bits per heavy atom. The van der Waals surface area contributed by atoms with Gasteiger partial charge in [-0.15, -0.1) is 11.3 Å². The lowest BCUT2D eigenvalue weighted by atomic mass is 9.79. The maximum atomic E-state index is 12.8. The highest BCUT2D eigenvalue weighted by Gasteiger charge is 2.30. The zero-order valence-electron chi connectivity index (χ0n) is 16.1. The normalized spacial score (nSPS) is 22.5. The van der Waals surface area contributed by atoms with Crippen LogP contribution in [0.3, 0.4) is 0 Å². The third kappa shape index (κ3) is 4.30. The van der Waals surface area contributed by atoms with Crippen LogP contribution < -0.4 is 5.32 Å². The van der Waals surface area contributed by atoms with Crippen LogP contribution in [-0.2, 0) is 22.4 Å². The van der Waals surface area contributed by atoms with Crippen molar-refractivity contribution in [2.45, 2.75) is 77.6 Å². The van der Waals surface area contributed by atoms with E-state index in [1.807, 2.05) is 0 Å². The van der Waals surface area contributed by atoms with E-state index in [1.165, 1.54) is 31.2 Å². The van der Waals surface area contributed by atoms with Gasteiger partial charge in [-0.1, -0.05) is 26.2 Å². The van der Waals surface area contributed by atoms with Gasteiger partial charge in [0.2, 0.25) is 5.91 Å². The monoisotopic (exact) mass is 377 g/mol. The van der Waals surface area contributed by atoms with Crippen LogP contribution in [0.25, 0.3) is 0 Å². The number of unbranched alkanes of at least 4 members (excludes halogenated alkanes) is 1. The fourth-order valence-corrected chi connectivity index (χ4v) is 5.67. The van der Waals surface area contributed by atoms with E-state index in [1.54, 1.807) is 11.3 Å². The SMILES string of the molecule is CCCCC1CCC(C(=O)Nc2sc3c(c2C(=O)OC)CCCC3)CC1. The minimum atomic E-state index is -0.317.